The third-order valence-electron chi connectivity index (χ3n) is 3.99. The van der Waals surface area contributed by atoms with Gasteiger partial charge in [0.2, 0.25) is 5.78 Å². The number of carbonyl (C=O) groups excluding carboxylic acids is 2. The molecule has 3 heteroatoms. The Morgan fingerprint density at radius 1 is 1.10 bits per heavy atom. The third-order valence-corrected chi connectivity index (χ3v) is 3.99. The fourth-order valence-electron chi connectivity index (χ4n) is 2.79. The maximum absolute atomic E-state index is 11.9. The fourth-order valence-corrected chi connectivity index (χ4v) is 2.79. The van der Waals surface area contributed by atoms with Gasteiger partial charge in [0.1, 0.15) is 0 Å². The largest absolute Gasteiger partial charge is 0.349 e. The molecule has 1 aliphatic carbocycles. The summed E-state index contributed by atoms with van der Waals surface area (Å²) in [6.07, 6.45) is 7.24. The lowest BCUT2D eigenvalue weighted by Gasteiger charge is -2.21. The maximum Gasteiger partial charge on any atom is 0.292 e. The molecule has 1 fully saturated rings. The fraction of sp³-hybridized carbons (Fsp3) is 0.529. The number of rotatable bonds is 5. The average Bonchev–Trinajstić information content (AvgIpc) is 2.53. The van der Waals surface area contributed by atoms with Crippen LogP contribution in [-0.2, 0) is 4.79 Å². The Labute approximate surface area is 120 Å². The Bertz CT molecular complexity index is 458. The molecule has 0 saturated heterocycles. The van der Waals surface area contributed by atoms with Crippen molar-refractivity contribution in [1.82, 2.24) is 5.32 Å². The Morgan fingerprint density at radius 2 is 1.75 bits per heavy atom. The molecular weight excluding hydrogens is 250 g/mol. The second kappa shape index (κ2) is 7.22. The molecule has 1 saturated carbocycles. The summed E-state index contributed by atoms with van der Waals surface area (Å²) in [7, 11) is 0. The monoisotopic (exact) mass is 273 g/mol. The molecule has 1 aromatic carbocycles. The van der Waals surface area contributed by atoms with Gasteiger partial charge in [0.15, 0.2) is 0 Å². The number of carbonyl (C=O) groups is 2. The molecule has 1 amide bonds. The van der Waals surface area contributed by atoms with Gasteiger partial charge in [-0.25, -0.2) is 0 Å². The van der Waals surface area contributed by atoms with Gasteiger partial charge in [-0.15, -0.1) is 0 Å². The normalized spacial score (nSPS) is 15.8. The van der Waals surface area contributed by atoms with E-state index < -0.39 is 11.7 Å². The first-order chi connectivity index (χ1) is 9.72. The molecule has 108 valence electrons. The van der Waals surface area contributed by atoms with E-state index in [-0.39, 0.29) is 0 Å². The van der Waals surface area contributed by atoms with E-state index in [1.54, 1.807) is 12.1 Å². The van der Waals surface area contributed by atoms with Crippen LogP contribution in [0.4, 0.5) is 0 Å². The molecular formula is C17H23NO2. The molecule has 0 atom stereocenters. The predicted molar refractivity (Wildman–Crippen MR) is 79.9 cm³/mol. The van der Waals surface area contributed by atoms with Gasteiger partial charge in [0.05, 0.1) is 0 Å². The lowest BCUT2D eigenvalue weighted by atomic mass is 9.84. The minimum Gasteiger partial charge on any atom is -0.349 e. The molecule has 1 N–H and O–H groups in total. The molecule has 0 spiro atoms. The molecule has 0 unspecified atom stereocenters. The number of hydrogen-bond donors (Lipinski definition) is 1. The van der Waals surface area contributed by atoms with Crippen molar-refractivity contribution >= 4 is 11.7 Å². The highest BCUT2D eigenvalue weighted by Crippen LogP contribution is 2.32. The van der Waals surface area contributed by atoms with Crippen molar-refractivity contribution in [2.75, 3.05) is 6.54 Å². The third kappa shape index (κ3) is 3.69. The Balaban J connectivity index is 2.00. The van der Waals surface area contributed by atoms with E-state index in [9.17, 15) is 9.59 Å². The lowest BCUT2D eigenvalue weighted by molar-refractivity contribution is -0.116. The van der Waals surface area contributed by atoms with Crippen LogP contribution >= 0.6 is 0 Å². The van der Waals surface area contributed by atoms with Crippen LogP contribution in [0.15, 0.2) is 24.3 Å². The summed E-state index contributed by atoms with van der Waals surface area (Å²) in [6, 6.07) is 7.60. The second-order valence-corrected chi connectivity index (χ2v) is 5.54. The molecule has 3 nitrogen and oxygen atoms in total. The van der Waals surface area contributed by atoms with Crippen LogP contribution in [0.1, 0.15) is 67.3 Å². The number of amides is 1. The molecule has 0 heterocycles. The van der Waals surface area contributed by atoms with Gasteiger partial charge in [-0.05, 0) is 30.7 Å². The lowest BCUT2D eigenvalue weighted by Crippen LogP contribution is -2.31. The zero-order chi connectivity index (χ0) is 14.4. The summed E-state index contributed by atoms with van der Waals surface area (Å²) in [5.74, 6) is -0.312. The highest BCUT2D eigenvalue weighted by atomic mass is 16.2. The SMILES string of the molecule is CCCNC(=O)C(=O)c1ccc(C2CCCCC2)cc1. The second-order valence-electron chi connectivity index (χ2n) is 5.54. The Hall–Kier alpha value is -1.64. The summed E-state index contributed by atoms with van der Waals surface area (Å²) in [4.78, 5) is 23.6. The first-order valence-electron chi connectivity index (χ1n) is 7.65. The van der Waals surface area contributed by atoms with Crippen LogP contribution in [-0.4, -0.2) is 18.2 Å². The Kier molecular flexibility index (Phi) is 5.33. The summed E-state index contributed by atoms with van der Waals surface area (Å²) < 4.78 is 0. The van der Waals surface area contributed by atoms with Crippen LogP contribution in [0.3, 0.4) is 0 Å². The van der Waals surface area contributed by atoms with Crippen molar-refractivity contribution in [2.24, 2.45) is 0 Å². The van der Waals surface area contributed by atoms with Gasteiger partial charge < -0.3 is 5.32 Å². The van der Waals surface area contributed by atoms with Crippen molar-refractivity contribution in [3.05, 3.63) is 35.4 Å². The van der Waals surface area contributed by atoms with Gasteiger partial charge in [-0.3, -0.25) is 9.59 Å². The van der Waals surface area contributed by atoms with Crippen LogP contribution in [0.2, 0.25) is 0 Å². The van der Waals surface area contributed by atoms with Crippen LogP contribution < -0.4 is 5.32 Å². The standard InChI is InChI=1S/C17H23NO2/c1-2-12-18-17(20)16(19)15-10-8-14(9-11-15)13-6-4-3-5-7-13/h8-11,13H,2-7,12H2,1H3,(H,18,20). The summed E-state index contributed by atoms with van der Waals surface area (Å²) in [5, 5.41) is 2.62. The highest BCUT2D eigenvalue weighted by molar-refractivity contribution is 6.42. The molecule has 1 aliphatic rings. The first-order valence-corrected chi connectivity index (χ1v) is 7.65. The van der Waals surface area contributed by atoms with E-state index in [1.165, 1.54) is 37.7 Å². The van der Waals surface area contributed by atoms with E-state index in [1.807, 2.05) is 19.1 Å². The van der Waals surface area contributed by atoms with Crippen molar-refractivity contribution < 1.29 is 9.59 Å². The van der Waals surface area contributed by atoms with Gasteiger partial charge in [-0.1, -0.05) is 50.5 Å². The van der Waals surface area contributed by atoms with E-state index in [0.29, 0.717) is 18.0 Å². The number of hydrogen-bond acceptors (Lipinski definition) is 2. The van der Waals surface area contributed by atoms with Gasteiger partial charge in [-0.2, -0.15) is 0 Å². The number of nitrogens with one attached hydrogen (secondary N) is 1. The van der Waals surface area contributed by atoms with Gasteiger partial charge >= 0.3 is 0 Å². The molecule has 0 aliphatic heterocycles. The van der Waals surface area contributed by atoms with Crippen molar-refractivity contribution in [2.45, 2.75) is 51.4 Å². The molecule has 2 rings (SSSR count). The van der Waals surface area contributed by atoms with E-state index >= 15 is 0 Å². The summed E-state index contributed by atoms with van der Waals surface area (Å²) in [5.41, 5.74) is 1.79. The van der Waals surface area contributed by atoms with Gasteiger partial charge in [0.25, 0.3) is 5.91 Å². The molecule has 1 aromatic rings. The molecule has 0 bridgehead atoms. The zero-order valence-corrected chi connectivity index (χ0v) is 12.2. The van der Waals surface area contributed by atoms with E-state index in [2.05, 4.69) is 5.32 Å². The van der Waals surface area contributed by atoms with Crippen molar-refractivity contribution in [3.8, 4) is 0 Å². The highest BCUT2D eigenvalue weighted by Gasteiger charge is 2.18. The van der Waals surface area contributed by atoms with Crippen LogP contribution in [0.5, 0.6) is 0 Å². The number of ketones is 1. The average molecular weight is 273 g/mol. The Morgan fingerprint density at radius 3 is 2.35 bits per heavy atom. The van der Waals surface area contributed by atoms with Crippen molar-refractivity contribution in [3.63, 3.8) is 0 Å². The summed E-state index contributed by atoms with van der Waals surface area (Å²) in [6.45, 7) is 2.51. The van der Waals surface area contributed by atoms with E-state index in [0.717, 1.165) is 6.42 Å². The van der Waals surface area contributed by atoms with Crippen molar-refractivity contribution in [1.29, 1.82) is 0 Å². The van der Waals surface area contributed by atoms with E-state index in [4.69, 9.17) is 0 Å². The summed E-state index contributed by atoms with van der Waals surface area (Å²) >= 11 is 0. The topological polar surface area (TPSA) is 46.2 Å². The molecule has 0 aromatic heterocycles. The van der Waals surface area contributed by atoms with Gasteiger partial charge in [0, 0.05) is 12.1 Å². The maximum atomic E-state index is 11.9. The first kappa shape index (κ1) is 14.8. The number of Topliss-reactive ketones (excluding diaryl/α,β-unsaturated/α-hetero) is 1. The molecule has 20 heavy (non-hydrogen) atoms. The smallest absolute Gasteiger partial charge is 0.292 e. The van der Waals surface area contributed by atoms with Crippen LogP contribution in [0.25, 0.3) is 0 Å². The number of benzene rings is 1. The minimum absolute atomic E-state index is 0.436. The molecule has 0 radical (unpaired) electrons. The zero-order valence-electron chi connectivity index (χ0n) is 12.2. The predicted octanol–water partition coefficient (Wildman–Crippen LogP) is 3.44. The van der Waals surface area contributed by atoms with Crippen LogP contribution in [0, 0.1) is 0 Å². The quantitative estimate of drug-likeness (QED) is 0.660. The minimum atomic E-state index is -0.503.